The van der Waals surface area contributed by atoms with Gasteiger partial charge < -0.3 is 10.2 Å². The first-order chi connectivity index (χ1) is 10.7. The number of hydrogen-bond acceptors (Lipinski definition) is 4. The molecule has 2 rings (SSSR count). The molecule has 23 heavy (non-hydrogen) atoms. The molecule has 1 fully saturated rings. The molecule has 0 aromatic carbocycles. The summed E-state index contributed by atoms with van der Waals surface area (Å²) in [5.74, 6) is 0.466. The van der Waals surface area contributed by atoms with E-state index in [0.717, 1.165) is 17.2 Å². The van der Waals surface area contributed by atoms with Crippen LogP contribution in [-0.4, -0.2) is 45.3 Å². The van der Waals surface area contributed by atoms with E-state index in [9.17, 15) is 9.59 Å². The van der Waals surface area contributed by atoms with Gasteiger partial charge in [-0.1, -0.05) is 0 Å². The lowest BCUT2D eigenvalue weighted by atomic mass is 10.1. The van der Waals surface area contributed by atoms with Crippen molar-refractivity contribution < 1.29 is 9.59 Å². The van der Waals surface area contributed by atoms with Gasteiger partial charge in [-0.3, -0.25) is 9.59 Å². The SMILES string of the molecule is Cc1cc(C)nc(CCNC(=O)[C@H]2CC(=O)N(C(C)(C)C)C2)n1. The van der Waals surface area contributed by atoms with E-state index in [1.807, 2.05) is 40.7 Å². The molecule has 0 aliphatic carbocycles. The predicted molar refractivity (Wildman–Crippen MR) is 87.8 cm³/mol. The number of aryl methyl sites for hydroxylation is 2. The molecule has 0 spiro atoms. The lowest BCUT2D eigenvalue weighted by Crippen LogP contribution is -2.43. The normalized spacial score (nSPS) is 18.4. The van der Waals surface area contributed by atoms with E-state index in [1.54, 1.807) is 4.90 Å². The summed E-state index contributed by atoms with van der Waals surface area (Å²) in [6, 6.07) is 1.92. The van der Waals surface area contributed by atoms with Crippen LogP contribution in [0.2, 0.25) is 0 Å². The van der Waals surface area contributed by atoms with Crippen molar-refractivity contribution in [2.75, 3.05) is 13.1 Å². The van der Waals surface area contributed by atoms with Gasteiger partial charge >= 0.3 is 0 Å². The summed E-state index contributed by atoms with van der Waals surface area (Å²) in [7, 11) is 0. The van der Waals surface area contributed by atoms with Crippen molar-refractivity contribution in [1.29, 1.82) is 0 Å². The third kappa shape index (κ3) is 4.50. The van der Waals surface area contributed by atoms with Gasteiger partial charge in [0.15, 0.2) is 0 Å². The van der Waals surface area contributed by atoms with Crippen molar-refractivity contribution in [3.63, 3.8) is 0 Å². The maximum atomic E-state index is 12.3. The number of amides is 2. The van der Waals surface area contributed by atoms with E-state index in [2.05, 4.69) is 15.3 Å². The summed E-state index contributed by atoms with van der Waals surface area (Å²) in [6.45, 7) is 10.8. The van der Waals surface area contributed by atoms with Gasteiger partial charge in [-0.15, -0.1) is 0 Å². The molecule has 2 heterocycles. The highest BCUT2D eigenvalue weighted by Crippen LogP contribution is 2.25. The number of aromatic nitrogens is 2. The summed E-state index contributed by atoms with van der Waals surface area (Å²) in [6.07, 6.45) is 0.890. The fourth-order valence-corrected chi connectivity index (χ4v) is 2.88. The second kappa shape index (κ2) is 6.64. The Morgan fingerprint density at radius 1 is 1.30 bits per heavy atom. The maximum Gasteiger partial charge on any atom is 0.225 e. The second-order valence-electron chi connectivity index (χ2n) is 7.18. The van der Waals surface area contributed by atoms with Crippen LogP contribution in [0.4, 0.5) is 0 Å². The Kier molecular flexibility index (Phi) is 5.02. The highest BCUT2D eigenvalue weighted by molar-refractivity contribution is 5.89. The first-order valence-corrected chi connectivity index (χ1v) is 8.06. The van der Waals surface area contributed by atoms with Gasteiger partial charge in [-0.05, 0) is 40.7 Å². The van der Waals surface area contributed by atoms with Gasteiger partial charge in [0.25, 0.3) is 0 Å². The average molecular weight is 318 g/mol. The molecule has 1 aliphatic rings. The topological polar surface area (TPSA) is 75.2 Å². The Morgan fingerprint density at radius 2 is 1.91 bits per heavy atom. The van der Waals surface area contributed by atoms with Crippen LogP contribution in [0.3, 0.4) is 0 Å². The summed E-state index contributed by atoms with van der Waals surface area (Å²) in [5, 5.41) is 2.91. The van der Waals surface area contributed by atoms with Crippen LogP contribution in [-0.2, 0) is 16.0 Å². The second-order valence-corrected chi connectivity index (χ2v) is 7.18. The number of carbonyl (C=O) groups is 2. The van der Waals surface area contributed by atoms with Crippen LogP contribution in [0.25, 0.3) is 0 Å². The number of likely N-dealkylation sites (tertiary alicyclic amines) is 1. The zero-order valence-corrected chi connectivity index (χ0v) is 14.6. The summed E-state index contributed by atoms with van der Waals surface area (Å²) >= 11 is 0. The number of rotatable bonds is 4. The Hall–Kier alpha value is -1.98. The molecule has 1 aromatic rings. The van der Waals surface area contributed by atoms with E-state index >= 15 is 0 Å². The Labute approximate surface area is 137 Å². The van der Waals surface area contributed by atoms with Crippen molar-refractivity contribution in [1.82, 2.24) is 20.2 Å². The lowest BCUT2D eigenvalue weighted by Gasteiger charge is -2.31. The fourth-order valence-electron chi connectivity index (χ4n) is 2.88. The van der Waals surface area contributed by atoms with E-state index < -0.39 is 0 Å². The zero-order valence-electron chi connectivity index (χ0n) is 14.6. The van der Waals surface area contributed by atoms with Gasteiger partial charge in [0.1, 0.15) is 5.82 Å². The lowest BCUT2D eigenvalue weighted by molar-refractivity contribution is -0.132. The molecule has 0 saturated carbocycles. The van der Waals surface area contributed by atoms with E-state index in [1.165, 1.54) is 0 Å². The van der Waals surface area contributed by atoms with Crippen molar-refractivity contribution >= 4 is 11.8 Å². The van der Waals surface area contributed by atoms with Crippen LogP contribution >= 0.6 is 0 Å². The maximum absolute atomic E-state index is 12.3. The average Bonchev–Trinajstić information content (AvgIpc) is 2.79. The minimum absolute atomic E-state index is 0.0512. The quantitative estimate of drug-likeness (QED) is 0.910. The summed E-state index contributed by atoms with van der Waals surface area (Å²) in [5.41, 5.74) is 1.63. The van der Waals surface area contributed by atoms with Crippen LogP contribution < -0.4 is 5.32 Å². The van der Waals surface area contributed by atoms with E-state index in [4.69, 9.17) is 0 Å². The minimum atomic E-state index is -0.262. The number of carbonyl (C=O) groups excluding carboxylic acids is 2. The molecule has 6 nitrogen and oxygen atoms in total. The number of nitrogens with zero attached hydrogens (tertiary/aromatic N) is 3. The fraction of sp³-hybridized carbons (Fsp3) is 0.647. The van der Waals surface area contributed by atoms with Gasteiger partial charge in [-0.25, -0.2) is 9.97 Å². The van der Waals surface area contributed by atoms with E-state index in [-0.39, 0.29) is 23.3 Å². The van der Waals surface area contributed by atoms with Crippen LogP contribution in [0.15, 0.2) is 6.07 Å². The molecule has 1 N–H and O–H groups in total. The monoisotopic (exact) mass is 318 g/mol. The van der Waals surface area contributed by atoms with Gasteiger partial charge in [-0.2, -0.15) is 0 Å². The first kappa shape index (κ1) is 17.4. The molecule has 1 aromatic heterocycles. The smallest absolute Gasteiger partial charge is 0.225 e. The van der Waals surface area contributed by atoms with Gasteiger partial charge in [0.05, 0.1) is 5.92 Å². The molecule has 2 amide bonds. The molecule has 0 bridgehead atoms. The van der Waals surface area contributed by atoms with Crippen LogP contribution in [0.5, 0.6) is 0 Å². The van der Waals surface area contributed by atoms with Gasteiger partial charge in [0, 0.05) is 42.9 Å². The van der Waals surface area contributed by atoms with Crippen molar-refractivity contribution in [3.05, 3.63) is 23.3 Å². The number of nitrogens with one attached hydrogen (secondary N) is 1. The third-order valence-corrected chi connectivity index (χ3v) is 3.98. The van der Waals surface area contributed by atoms with E-state index in [0.29, 0.717) is 25.9 Å². The van der Waals surface area contributed by atoms with Crippen LogP contribution in [0, 0.1) is 19.8 Å². The molecular formula is C17H26N4O2. The Bertz CT molecular complexity index is 587. The summed E-state index contributed by atoms with van der Waals surface area (Å²) < 4.78 is 0. The highest BCUT2D eigenvalue weighted by Gasteiger charge is 2.39. The highest BCUT2D eigenvalue weighted by atomic mass is 16.2. The van der Waals surface area contributed by atoms with Gasteiger partial charge in [0.2, 0.25) is 11.8 Å². The predicted octanol–water partition coefficient (Wildman–Crippen LogP) is 1.40. The first-order valence-electron chi connectivity index (χ1n) is 8.06. The van der Waals surface area contributed by atoms with Crippen molar-refractivity contribution in [2.45, 2.75) is 53.0 Å². The third-order valence-electron chi connectivity index (χ3n) is 3.98. The van der Waals surface area contributed by atoms with Crippen LogP contribution in [0.1, 0.15) is 44.4 Å². The molecular weight excluding hydrogens is 292 g/mol. The molecule has 0 unspecified atom stereocenters. The zero-order chi connectivity index (χ0) is 17.2. The Morgan fingerprint density at radius 3 is 2.43 bits per heavy atom. The molecule has 1 atom stereocenters. The Balaban J connectivity index is 1.85. The molecule has 126 valence electrons. The molecule has 1 saturated heterocycles. The van der Waals surface area contributed by atoms with Crippen molar-refractivity contribution in [2.24, 2.45) is 5.92 Å². The summed E-state index contributed by atoms with van der Waals surface area (Å²) in [4.78, 5) is 34.8. The van der Waals surface area contributed by atoms with Crippen molar-refractivity contribution in [3.8, 4) is 0 Å². The largest absolute Gasteiger partial charge is 0.355 e. The molecule has 0 radical (unpaired) electrons. The molecule has 6 heteroatoms. The number of hydrogen-bond donors (Lipinski definition) is 1. The molecule has 1 aliphatic heterocycles. The standard InChI is InChI=1S/C17H26N4O2/c1-11-8-12(2)20-14(19-11)6-7-18-16(23)13-9-15(22)21(10-13)17(3,4)5/h8,13H,6-7,9-10H2,1-5H3,(H,18,23)/t13-/m0/s1. The minimum Gasteiger partial charge on any atom is -0.355 e.